The van der Waals surface area contributed by atoms with Crippen LogP contribution in [0.4, 0.5) is 5.69 Å². The fourth-order valence-electron chi connectivity index (χ4n) is 3.93. The third kappa shape index (κ3) is 2.63. The number of benzene rings is 2. The van der Waals surface area contributed by atoms with E-state index in [0.29, 0.717) is 0 Å². The third-order valence-corrected chi connectivity index (χ3v) is 5.88. The molecule has 0 radical (unpaired) electrons. The number of phenolic OH excluding ortho intramolecular Hbond substituents is 2. The van der Waals surface area contributed by atoms with Gasteiger partial charge in [0.2, 0.25) is 0 Å². The molecule has 1 heterocycles. The number of anilines is 1. The third-order valence-electron chi connectivity index (χ3n) is 5.20. The van der Waals surface area contributed by atoms with Crippen LogP contribution in [0, 0.1) is 5.92 Å². The number of allylic oxidation sites excluding steroid dienone is 2. The lowest BCUT2D eigenvalue weighted by Gasteiger charge is -2.38. The molecule has 2 aromatic carbocycles. The van der Waals surface area contributed by atoms with Gasteiger partial charge in [-0.3, -0.25) is 4.79 Å². The number of carbonyl (C=O) groups excluding carboxylic acids is 1. The van der Waals surface area contributed by atoms with Crippen LogP contribution in [0.3, 0.4) is 0 Å². The topological polar surface area (TPSA) is 69.6 Å². The van der Waals surface area contributed by atoms with E-state index in [4.69, 9.17) is 0 Å². The van der Waals surface area contributed by atoms with Gasteiger partial charge >= 0.3 is 0 Å². The van der Waals surface area contributed by atoms with Crippen LogP contribution in [0.25, 0.3) is 0 Å². The Morgan fingerprint density at radius 3 is 2.68 bits per heavy atom. The fourth-order valence-corrected chi connectivity index (χ4v) is 4.51. The molecule has 5 heteroatoms. The minimum atomic E-state index is -0.140. The van der Waals surface area contributed by atoms with Crippen LogP contribution < -0.4 is 5.32 Å². The van der Waals surface area contributed by atoms with Gasteiger partial charge in [-0.15, -0.1) is 0 Å². The van der Waals surface area contributed by atoms with Gasteiger partial charge in [-0.25, -0.2) is 0 Å². The van der Waals surface area contributed by atoms with E-state index in [2.05, 4.69) is 33.4 Å². The van der Waals surface area contributed by atoms with Gasteiger partial charge in [0.1, 0.15) is 0 Å². The SMILES string of the molecule is CC(=O)c1ccc2c(c1)[C@@H]1C=CC[C@@H]1[C@H](c1cc(O)c(O)cc1Br)N2. The Labute approximate surface area is 154 Å². The first-order valence-electron chi connectivity index (χ1n) is 8.25. The summed E-state index contributed by atoms with van der Waals surface area (Å²) in [6.07, 6.45) is 5.29. The molecule has 128 valence electrons. The Kier molecular flexibility index (Phi) is 3.84. The largest absolute Gasteiger partial charge is 0.504 e. The standard InChI is InChI=1S/C20H18BrNO3/c1-10(23)11-5-6-17-14(7-11)12-3-2-4-13(12)20(22-17)15-8-18(24)19(25)9-16(15)21/h2-3,5-9,12-13,20,22,24-25H,4H2,1H3/t12-,13+,20-/m1/s1. The van der Waals surface area contributed by atoms with Crippen molar-refractivity contribution in [1.82, 2.24) is 0 Å². The van der Waals surface area contributed by atoms with E-state index in [0.717, 1.165) is 33.3 Å². The second-order valence-corrected chi connectivity index (χ2v) is 7.55. The van der Waals surface area contributed by atoms with Crippen molar-refractivity contribution in [2.24, 2.45) is 5.92 Å². The van der Waals surface area contributed by atoms with Crippen molar-refractivity contribution >= 4 is 27.4 Å². The number of phenols is 2. The number of fused-ring (bicyclic) bond motifs is 3. The van der Waals surface area contributed by atoms with Crippen LogP contribution in [0.15, 0.2) is 47.0 Å². The van der Waals surface area contributed by atoms with Crippen molar-refractivity contribution in [2.75, 3.05) is 5.32 Å². The summed E-state index contributed by atoms with van der Waals surface area (Å²) in [6.45, 7) is 1.58. The van der Waals surface area contributed by atoms with Crippen LogP contribution in [0.5, 0.6) is 11.5 Å². The maximum Gasteiger partial charge on any atom is 0.159 e. The van der Waals surface area contributed by atoms with Gasteiger partial charge in [0, 0.05) is 21.6 Å². The highest BCUT2D eigenvalue weighted by Gasteiger charge is 2.39. The first-order chi connectivity index (χ1) is 12.0. The van der Waals surface area contributed by atoms with Crippen LogP contribution in [0.1, 0.15) is 46.8 Å². The number of rotatable bonds is 2. The van der Waals surface area contributed by atoms with Gasteiger partial charge < -0.3 is 15.5 Å². The predicted octanol–water partition coefficient (Wildman–Crippen LogP) is 4.89. The van der Waals surface area contributed by atoms with Crippen LogP contribution in [-0.2, 0) is 0 Å². The van der Waals surface area contributed by atoms with Crippen LogP contribution in [0.2, 0.25) is 0 Å². The van der Waals surface area contributed by atoms with Crippen molar-refractivity contribution in [3.63, 3.8) is 0 Å². The molecule has 1 aliphatic carbocycles. The van der Waals surface area contributed by atoms with E-state index in [-0.39, 0.29) is 35.2 Å². The number of halogens is 1. The molecule has 0 fully saturated rings. The summed E-state index contributed by atoms with van der Waals surface area (Å²) in [5.41, 5.74) is 3.78. The van der Waals surface area contributed by atoms with Gasteiger partial charge in [0.25, 0.3) is 0 Å². The summed E-state index contributed by atoms with van der Waals surface area (Å²) in [4.78, 5) is 11.7. The summed E-state index contributed by atoms with van der Waals surface area (Å²) in [7, 11) is 0. The number of Topliss-reactive ketones (excluding diaryl/α,β-unsaturated/α-hetero) is 1. The molecule has 0 aromatic heterocycles. The molecule has 0 amide bonds. The summed E-state index contributed by atoms with van der Waals surface area (Å²) in [6, 6.07) is 8.91. The molecule has 4 nitrogen and oxygen atoms in total. The molecule has 0 saturated carbocycles. The summed E-state index contributed by atoms with van der Waals surface area (Å²) >= 11 is 3.51. The molecular weight excluding hydrogens is 382 g/mol. The summed E-state index contributed by atoms with van der Waals surface area (Å²) in [5.74, 6) is 0.312. The van der Waals surface area contributed by atoms with Gasteiger partial charge in [-0.05, 0) is 60.7 Å². The monoisotopic (exact) mass is 399 g/mol. The number of hydrogen-bond donors (Lipinski definition) is 3. The number of hydrogen-bond acceptors (Lipinski definition) is 4. The van der Waals surface area contributed by atoms with Crippen molar-refractivity contribution in [3.8, 4) is 11.5 Å². The highest BCUT2D eigenvalue weighted by Crippen LogP contribution is 2.51. The predicted molar refractivity (Wildman–Crippen MR) is 100 cm³/mol. The van der Waals surface area contributed by atoms with E-state index in [1.165, 1.54) is 6.07 Å². The van der Waals surface area contributed by atoms with Gasteiger partial charge in [0.05, 0.1) is 6.04 Å². The highest BCUT2D eigenvalue weighted by molar-refractivity contribution is 9.10. The first-order valence-corrected chi connectivity index (χ1v) is 9.04. The van der Waals surface area contributed by atoms with E-state index < -0.39 is 0 Å². The first kappa shape index (κ1) is 16.2. The number of nitrogens with one attached hydrogen (secondary N) is 1. The Morgan fingerprint density at radius 1 is 1.16 bits per heavy atom. The number of carbonyl (C=O) groups is 1. The van der Waals surface area contributed by atoms with E-state index >= 15 is 0 Å². The molecule has 0 bridgehead atoms. The molecule has 4 rings (SSSR count). The zero-order valence-corrected chi connectivity index (χ0v) is 15.2. The Balaban J connectivity index is 1.81. The molecule has 25 heavy (non-hydrogen) atoms. The van der Waals surface area contributed by atoms with Gasteiger partial charge in [-0.1, -0.05) is 28.1 Å². The molecule has 2 aromatic rings. The fraction of sp³-hybridized carbons (Fsp3) is 0.250. The molecule has 0 spiro atoms. The molecule has 3 atom stereocenters. The molecule has 0 saturated heterocycles. The van der Waals surface area contributed by atoms with Crippen molar-refractivity contribution < 1.29 is 15.0 Å². The minimum absolute atomic E-state index is 0.00319. The maximum absolute atomic E-state index is 11.7. The summed E-state index contributed by atoms with van der Waals surface area (Å²) in [5, 5.41) is 23.2. The average Bonchev–Trinajstić information content (AvgIpc) is 3.07. The Bertz CT molecular complexity index is 906. The molecular formula is C20H18BrNO3. The Hall–Kier alpha value is -2.27. The smallest absolute Gasteiger partial charge is 0.159 e. The van der Waals surface area contributed by atoms with Crippen molar-refractivity contribution in [1.29, 1.82) is 0 Å². The zero-order valence-electron chi connectivity index (χ0n) is 13.7. The second kappa shape index (κ2) is 5.92. The molecule has 1 aliphatic heterocycles. The highest BCUT2D eigenvalue weighted by atomic mass is 79.9. The lowest BCUT2D eigenvalue weighted by Crippen LogP contribution is -2.29. The van der Waals surface area contributed by atoms with Crippen molar-refractivity contribution in [3.05, 3.63) is 63.6 Å². The lowest BCUT2D eigenvalue weighted by molar-refractivity contribution is 0.101. The average molecular weight is 400 g/mol. The van der Waals surface area contributed by atoms with Crippen molar-refractivity contribution in [2.45, 2.75) is 25.3 Å². The molecule has 0 unspecified atom stereocenters. The van der Waals surface area contributed by atoms with Crippen LogP contribution >= 0.6 is 15.9 Å². The zero-order chi connectivity index (χ0) is 17.7. The normalized spacial score (nSPS) is 23.7. The molecule has 3 N–H and O–H groups in total. The summed E-state index contributed by atoms with van der Waals surface area (Å²) < 4.78 is 0.759. The molecule has 2 aliphatic rings. The Morgan fingerprint density at radius 2 is 1.92 bits per heavy atom. The van der Waals surface area contributed by atoms with E-state index in [9.17, 15) is 15.0 Å². The lowest BCUT2D eigenvalue weighted by atomic mass is 9.76. The second-order valence-electron chi connectivity index (χ2n) is 6.70. The van der Waals surface area contributed by atoms with Crippen LogP contribution in [-0.4, -0.2) is 16.0 Å². The quantitative estimate of drug-likeness (QED) is 0.382. The number of aromatic hydroxyl groups is 2. The van der Waals surface area contributed by atoms with Gasteiger partial charge in [-0.2, -0.15) is 0 Å². The number of ketones is 1. The van der Waals surface area contributed by atoms with E-state index in [1.54, 1.807) is 13.0 Å². The van der Waals surface area contributed by atoms with Gasteiger partial charge in [0.15, 0.2) is 17.3 Å². The van der Waals surface area contributed by atoms with E-state index in [1.807, 2.05) is 18.2 Å². The maximum atomic E-state index is 11.7. The minimum Gasteiger partial charge on any atom is -0.504 e.